The Balaban J connectivity index is 1.40. The van der Waals surface area contributed by atoms with Crippen LogP contribution >= 0.6 is 23.1 Å². The van der Waals surface area contributed by atoms with Crippen LogP contribution in [-0.4, -0.2) is 31.8 Å². The summed E-state index contributed by atoms with van der Waals surface area (Å²) in [7, 11) is 0. The van der Waals surface area contributed by atoms with E-state index >= 15 is 0 Å². The molecule has 1 atom stereocenters. The lowest BCUT2D eigenvalue weighted by atomic mass is 10.1. The van der Waals surface area contributed by atoms with Crippen LogP contribution in [-0.2, 0) is 4.79 Å². The van der Waals surface area contributed by atoms with Gasteiger partial charge in [0.25, 0.3) is 0 Å². The number of aromatic amines is 1. The Morgan fingerprint density at radius 1 is 1.11 bits per heavy atom. The summed E-state index contributed by atoms with van der Waals surface area (Å²) in [5, 5.41) is 12.7. The third-order valence-electron chi connectivity index (χ3n) is 4.02. The van der Waals surface area contributed by atoms with Gasteiger partial charge in [0.05, 0.1) is 11.8 Å². The number of benzene rings is 1. The first kappa shape index (κ1) is 18.4. The fourth-order valence-corrected chi connectivity index (χ4v) is 4.11. The Morgan fingerprint density at radius 3 is 2.68 bits per heavy atom. The molecule has 8 heteroatoms. The zero-order chi connectivity index (χ0) is 19.2. The largest absolute Gasteiger partial charge is 0.344 e. The number of carbonyl (C=O) groups excluding carboxylic acids is 1. The van der Waals surface area contributed by atoms with Gasteiger partial charge >= 0.3 is 0 Å². The molecule has 6 nitrogen and oxygen atoms in total. The minimum Gasteiger partial charge on any atom is -0.344 e. The van der Waals surface area contributed by atoms with E-state index in [0.717, 1.165) is 16.0 Å². The maximum absolute atomic E-state index is 12.6. The van der Waals surface area contributed by atoms with Crippen LogP contribution in [0.15, 0.2) is 77.5 Å². The normalized spacial score (nSPS) is 11.9. The molecule has 28 heavy (non-hydrogen) atoms. The number of hydrogen-bond acceptors (Lipinski definition) is 6. The third-order valence-corrected chi connectivity index (χ3v) is 5.80. The van der Waals surface area contributed by atoms with Crippen molar-refractivity contribution >= 4 is 29.0 Å². The lowest BCUT2D eigenvalue weighted by molar-refractivity contribution is -0.119. The summed E-state index contributed by atoms with van der Waals surface area (Å²) in [4.78, 5) is 22.1. The summed E-state index contributed by atoms with van der Waals surface area (Å²) >= 11 is 2.93. The van der Waals surface area contributed by atoms with Gasteiger partial charge in [-0.1, -0.05) is 48.2 Å². The first-order valence-electron chi connectivity index (χ1n) is 8.63. The topological polar surface area (TPSA) is 83.6 Å². The summed E-state index contributed by atoms with van der Waals surface area (Å²) in [5.41, 5.74) is 1.96. The molecule has 2 N–H and O–H groups in total. The van der Waals surface area contributed by atoms with E-state index < -0.39 is 0 Å². The van der Waals surface area contributed by atoms with E-state index in [1.807, 2.05) is 60.0 Å². The third kappa shape index (κ3) is 4.47. The van der Waals surface area contributed by atoms with Crippen molar-refractivity contribution in [2.24, 2.45) is 0 Å². The summed E-state index contributed by atoms with van der Waals surface area (Å²) < 4.78 is 0. The Labute approximate surface area is 170 Å². The Hall–Kier alpha value is -2.97. The molecule has 3 heterocycles. The molecule has 0 unspecified atom stereocenters. The molecule has 0 aliphatic carbocycles. The summed E-state index contributed by atoms with van der Waals surface area (Å²) in [6.07, 6.45) is 3.40. The molecule has 140 valence electrons. The van der Waals surface area contributed by atoms with Gasteiger partial charge in [0.1, 0.15) is 0 Å². The fraction of sp³-hybridized carbons (Fsp3) is 0.100. The van der Waals surface area contributed by atoms with Gasteiger partial charge in [-0.15, -0.1) is 16.4 Å². The lowest BCUT2D eigenvalue weighted by Gasteiger charge is -2.17. The van der Waals surface area contributed by atoms with Crippen LogP contribution in [0.2, 0.25) is 0 Å². The highest BCUT2D eigenvalue weighted by Crippen LogP contribution is 2.26. The van der Waals surface area contributed by atoms with Crippen LogP contribution in [0.25, 0.3) is 11.4 Å². The van der Waals surface area contributed by atoms with E-state index in [4.69, 9.17) is 0 Å². The summed E-state index contributed by atoms with van der Waals surface area (Å²) in [5.74, 6) is 0.830. The van der Waals surface area contributed by atoms with Gasteiger partial charge in [0.15, 0.2) is 5.82 Å². The average molecular weight is 408 g/mol. The summed E-state index contributed by atoms with van der Waals surface area (Å²) in [6.45, 7) is 0. The van der Waals surface area contributed by atoms with Crippen LogP contribution in [0.4, 0.5) is 0 Å². The quantitative estimate of drug-likeness (QED) is 0.454. The molecule has 0 bridgehead atoms. The van der Waals surface area contributed by atoms with Gasteiger partial charge in [-0.3, -0.25) is 14.9 Å². The van der Waals surface area contributed by atoms with Gasteiger partial charge in [-0.05, 0) is 29.1 Å². The van der Waals surface area contributed by atoms with Crippen molar-refractivity contribution in [1.29, 1.82) is 0 Å². The zero-order valence-electron chi connectivity index (χ0n) is 14.8. The van der Waals surface area contributed by atoms with E-state index in [1.165, 1.54) is 11.8 Å². The lowest BCUT2D eigenvalue weighted by Crippen LogP contribution is -2.30. The van der Waals surface area contributed by atoms with Crippen molar-refractivity contribution in [3.63, 3.8) is 0 Å². The maximum Gasteiger partial charge on any atom is 0.231 e. The van der Waals surface area contributed by atoms with Gasteiger partial charge in [0, 0.05) is 22.8 Å². The van der Waals surface area contributed by atoms with E-state index in [1.54, 1.807) is 23.7 Å². The van der Waals surface area contributed by atoms with Crippen LogP contribution in [0.1, 0.15) is 16.5 Å². The molecule has 4 aromatic rings. The molecular weight excluding hydrogens is 390 g/mol. The minimum absolute atomic E-state index is 0.0671. The number of hydrogen-bond donors (Lipinski definition) is 2. The number of rotatable bonds is 7. The Bertz CT molecular complexity index is 1020. The van der Waals surface area contributed by atoms with Crippen LogP contribution in [0.3, 0.4) is 0 Å². The standard InChI is InChI=1S/C20H17N5OS2/c26-17(13-28-20-23-19(24-25-20)15-8-10-21-11-9-15)22-18(16-7-4-12-27-16)14-5-2-1-3-6-14/h1-12,18H,13H2,(H,22,26)(H,23,24,25)/t18-/m0/s1. The average Bonchev–Trinajstić information content (AvgIpc) is 3.44. The molecule has 0 fully saturated rings. The van der Waals surface area contributed by atoms with E-state index in [9.17, 15) is 4.79 Å². The van der Waals surface area contributed by atoms with E-state index in [2.05, 4.69) is 25.5 Å². The predicted octanol–water partition coefficient (Wildman–Crippen LogP) is 3.93. The van der Waals surface area contributed by atoms with Crippen molar-refractivity contribution in [1.82, 2.24) is 25.5 Å². The molecule has 0 saturated carbocycles. The molecule has 0 aliphatic heterocycles. The molecule has 0 saturated heterocycles. The maximum atomic E-state index is 12.6. The van der Waals surface area contributed by atoms with Gasteiger partial charge in [0.2, 0.25) is 11.1 Å². The molecule has 3 aromatic heterocycles. The molecule has 0 radical (unpaired) electrons. The van der Waals surface area contributed by atoms with Crippen LogP contribution in [0.5, 0.6) is 0 Å². The second kappa shape index (κ2) is 8.81. The number of thioether (sulfide) groups is 1. The highest BCUT2D eigenvalue weighted by Gasteiger charge is 2.18. The number of aromatic nitrogens is 4. The molecule has 1 aromatic carbocycles. The molecule has 4 rings (SSSR count). The number of H-pyrrole nitrogens is 1. The van der Waals surface area contributed by atoms with Crippen molar-refractivity contribution in [2.45, 2.75) is 11.2 Å². The number of nitrogens with one attached hydrogen (secondary N) is 2. The van der Waals surface area contributed by atoms with Crippen molar-refractivity contribution in [3.8, 4) is 11.4 Å². The molecular formula is C20H17N5OS2. The van der Waals surface area contributed by atoms with Gasteiger partial charge in [-0.2, -0.15) is 0 Å². The summed E-state index contributed by atoms with van der Waals surface area (Å²) in [6, 6.07) is 17.5. The number of carbonyl (C=O) groups is 1. The molecule has 1 amide bonds. The Morgan fingerprint density at radius 2 is 1.93 bits per heavy atom. The minimum atomic E-state index is -0.158. The van der Waals surface area contributed by atoms with Crippen molar-refractivity contribution in [3.05, 3.63) is 82.8 Å². The van der Waals surface area contributed by atoms with Crippen molar-refractivity contribution in [2.75, 3.05) is 5.75 Å². The Kier molecular flexibility index (Phi) is 5.79. The van der Waals surface area contributed by atoms with Crippen LogP contribution < -0.4 is 5.32 Å². The van der Waals surface area contributed by atoms with Crippen molar-refractivity contribution < 1.29 is 4.79 Å². The highest BCUT2D eigenvalue weighted by molar-refractivity contribution is 7.99. The fourth-order valence-electron chi connectivity index (χ4n) is 2.70. The first-order chi connectivity index (χ1) is 13.8. The number of amides is 1. The highest BCUT2D eigenvalue weighted by atomic mass is 32.2. The van der Waals surface area contributed by atoms with Crippen LogP contribution in [0, 0.1) is 0 Å². The first-order valence-corrected chi connectivity index (χ1v) is 10.5. The second-order valence-corrected chi connectivity index (χ2v) is 7.84. The molecule has 0 aliphatic rings. The SMILES string of the molecule is O=C(CSc1n[nH]c(-c2ccncc2)n1)N[C@@H](c1ccccc1)c1cccs1. The number of pyridine rings is 1. The predicted molar refractivity (Wildman–Crippen MR) is 111 cm³/mol. The van der Waals surface area contributed by atoms with Gasteiger partial charge < -0.3 is 5.32 Å². The zero-order valence-corrected chi connectivity index (χ0v) is 16.4. The number of thiophene rings is 1. The molecule has 0 spiro atoms. The van der Waals surface area contributed by atoms with Gasteiger partial charge in [-0.25, -0.2) is 4.98 Å². The smallest absolute Gasteiger partial charge is 0.231 e. The number of nitrogens with zero attached hydrogens (tertiary/aromatic N) is 3. The second-order valence-electron chi connectivity index (χ2n) is 5.92. The monoisotopic (exact) mass is 407 g/mol. The van der Waals surface area contributed by atoms with E-state index in [0.29, 0.717) is 11.0 Å². The van der Waals surface area contributed by atoms with E-state index in [-0.39, 0.29) is 17.7 Å².